The highest BCUT2D eigenvalue weighted by atomic mass is 19.4. The van der Waals surface area contributed by atoms with Crippen LogP contribution < -0.4 is 5.32 Å². The lowest BCUT2D eigenvalue weighted by Crippen LogP contribution is -2.44. The lowest BCUT2D eigenvalue weighted by atomic mass is 10.0. The van der Waals surface area contributed by atoms with Crippen molar-refractivity contribution in [3.05, 3.63) is 71.0 Å². The van der Waals surface area contributed by atoms with Crippen LogP contribution in [0.25, 0.3) is 0 Å². The number of hydrogen-bond acceptors (Lipinski definition) is 4. The van der Waals surface area contributed by atoms with Gasteiger partial charge >= 0.3 is 6.18 Å². The average Bonchev–Trinajstić information content (AvgIpc) is 2.66. The molecule has 3 rings (SSSR count). The van der Waals surface area contributed by atoms with E-state index in [1.54, 1.807) is 0 Å². The van der Waals surface area contributed by atoms with Gasteiger partial charge in [0, 0.05) is 6.54 Å². The highest BCUT2D eigenvalue weighted by Crippen LogP contribution is 2.34. The van der Waals surface area contributed by atoms with Gasteiger partial charge in [-0.3, -0.25) is 0 Å². The Morgan fingerprint density at radius 1 is 1.19 bits per heavy atom. The van der Waals surface area contributed by atoms with Gasteiger partial charge in [0.05, 0.1) is 24.8 Å². The molecule has 4 nitrogen and oxygen atoms in total. The second-order valence-electron chi connectivity index (χ2n) is 6.16. The van der Waals surface area contributed by atoms with Crippen molar-refractivity contribution in [3.63, 3.8) is 0 Å². The van der Waals surface area contributed by atoms with Crippen molar-refractivity contribution >= 4 is 0 Å². The van der Waals surface area contributed by atoms with Crippen LogP contribution in [0.1, 0.15) is 28.8 Å². The van der Waals surface area contributed by atoms with Crippen LogP contribution in [0.5, 0.6) is 0 Å². The molecule has 146 valence electrons. The minimum Gasteiger partial charge on any atom is -0.393 e. The summed E-state index contributed by atoms with van der Waals surface area (Å²) < 4.78 is 63.9. The summed E-state index contributed by atoms with van der Waals surface area (Å²) >= 11 is 0. The molecule has 1 aliphatic rings. The normalized spacial score (nSPS) is 21.8. The fourth-order valence-electron chi connectivity index (χ4n) is 2.99. The van der Waals surface area contributed by atoms with Gasteiger partial charge in [-0.2, -0.15) is 13.2 Å². The molecular formula is C19H19F4NO3. The van der Waals surface area contributed by atoms with Gasteiger partial charge in [0.2, 0.25) is 0 Å². The van der Waals surface area contributed by atoms with Crippen molar-refractivity contribution in [3.8, 4) is 0 Å². The molecule has 0 amide bonds. The number of halogens is 4. The zero-order valence-electron chi connectivity index (χ0n) is 14.2. The largest absolute Gasteiger partial charge is 0.416 e. The summed E-state index contributed by atoms with van der Waals surface area (Å²) in [5.41, 5.74) is -0.373. The predicted molar refractivity (Wildman–Crippen MR) is 89.2 cm³/mol. The molecule has 0 aromatic heterocycles. The van der Waals surface area contributed by atoms with E-state index in [1.807, 2.05) is 30.3 Å². The van der Waals surface area contributed by atoms with Gasteiger partial charge in [-0.15, -0.1) is 0 Å². The molecule has 1 aliphatic heterocycles. The van der Waals surface area contributed by atoms with Crippen molar-refractivity contribution in [1.82, 2.24) is 5.32 Å². The van der Waals surface area contributed by atoms with Crippen molar-refractivity contribution in [2.24, 2.45) is 0 Å². The molecule has 0 bridgehead atoms. The maximum atomic E-state index is 13.7. The minimum absolute atomic E-state index is 0.106. The highest BCUT2D eigenvalue weighted by molar-refractivity contribution is 5.29. The number of rotatable bonds is 5. The zero-order valence-corrected chi connectivity index (χ0v) is 14.2. The van der Waals surface area contributed by atoms with E-state index < -0.39 is 36.6 Å². The van der Waals surface area contributed by atoms with Gasteiger partial charge in [-0.05, 0) is 29.3 Å². The van der Waals surface area contributed by atoms with E-state index in [0.717, 1.165) is 17.7 Å². The number of aliphatic hydroxyl groups is 1. The van der Waals surface area contributed by atoms with Gasteiger partial charge in [0.25, 0.3) is 0 Å². The van der Waals surface area contributed by atoms with Crippen LogP contribution >= 0.6 is 0 Å². The summed E-state index contributed by atoms with van der Waals surface area (Å²) in [7, 11) is 0. The zero-order chi connectivity index (χ0) is 19.4. The van der Waals surface area contributed by atoms with Crippen LogP contribution in [-0.2, 0) is 15.7 Å². The molecule has 0 radical (unpaired) electrons. The third-order valence-electron chi connectivity index (χ3n) is 4.26. The summed E-state index contributed by atoms with van der Waals surface area (Å²) in [5.74, 6) is -1.05. The number of morpholine rings is 1. The summed E-state index contributed by atoms with van der Waals surface area (Å²) in [6, 6.07) is 11.0. The molecule has 1 saturated heterocycles. The monoisotopic (exact) mass is 385 g/mol. The van der Waals surface area contributed by atoms with Crippen molar-refractivity contribution in [2.75, 3.05) is 19.8 Å². The van der Waals surface area contributed by atoms with Crippen LogP contribution in [-0.4, -0.2) is 31.2 Å². The number of alkyl halides is 3. The molecular weight excluding hydrogens is 366 g/mol. The summed E-state index contributed by atoms with van der Waals surface area (Å²) in [5, 5.41) is 12.9. The molecule has 2 unspecified atom stereocenters. The van der Waals surface area contributed by atoms with Crippen LogP contribution in [0.15, 0.2) is 48.5 Å². The van der Waals surface area contributed by atoms with Crippen molar-refractivity contribution in [2.45, 2.75) is 24.6 Å². The van der Waals surface area contributed by atoms with Gasteiger partial charge in [-0.1, -0.05) is 30.3 Å². The topological polar surface area (TPSA) is 50.7 Å². The van der Waals surface area contributed by atoms with E-state index in [4.69, 9.17) is 9.47 Å². The van der Waals surface area contributed by atoms with Crippen molar-refractivity contribution < 1.29 is 32.1 Å². The molecule has 0 saturated carbocycles. The van der Waals surface area contributed by atoms with Gasteiger partial charge in [0.15, 0.2) is 6.29 Å². The summed E-state index contributed by atoms with van der Waals surface area (Å²) in [6.45, 7) is 0.284. The van der Waals surface area contributed by atoms with Crippen LogP contribution in [0.4, 0.5) is 17.6 Å². The molecule has 1 heterocycles. The quantitative estimate of drug-likeness (QED) is 0.773. The maximum absolute atomic E-state index is 13.7. The Kier molecular flexibility index (Phi) is 6.11. The van der Waals surface area contributed by atoms with E-state index in [9.17, 15) is 22.7 Å². The Hall–Kier alpha value is -2.00. The Morgan fingerprint density at radius 3 is 2.59 bits per heavy atom. The Morgan fingerprint density at radius 2 is 1.93 bits per heavy atom. The second kappa shape index (κ2) is 8.35. The third kappa shape index (κ3) is 4.84. The highest BCUT2D eigenvalue weighted by Gasteiger charge is 2.34. The fourth-order valence-corrected chi connectivity index (χ4v) is 2.99. The number of hydrogen-bond donors (Lipinski definition) is 2. The lowest BCUT2D eigenvalue weighted by Gasteiger charge is -2.35. The number of aliphatic hydroxyl groups excluding tert-OH is 1. The first-order valence-electron chi connectivity index (χ1n) is 8.42. The van der Waals surface area contributed by atoms with Crippen LogP contribution in [0, 0.1) is 5.82 Å². The molecule has 0 aliphatic carbocycles. The number of ether oxygens (including phenoxy) is 2. The molecule has 2 aromatic rings. The van der Waals surface area contributed by atoms with E-state index in [-0.39, 0.29) is 11.6 Å². The average molecular weight is 385 g/mol. The van der Waals surface area contributed by atoms with Crippen LogP contribution in [0.3, 0.4) is 0 Å². The molecule has 2 N–H and O–H groups in total. The first-order valence-corrected chi connectivity index (χ1v) is 8.42. The van der Waals surface area contributed by atoms with E-state index in [2.05, 4.69) is 5.32 Å². The van der Waals surface area contributed by atoms with E-state index >= 15 is 0 Å². The molecule has 2 aromatic carbocycles. The third-order valence-corrected chi connectivity index (χ3v) is 4.26. The summed E-state index contributed by atoms with van der Waals surface area (Å²) in [6.07, 6.45) is -6.72. The predicted octanol–water partition coefficient (Wildman–Crippen LogP) is 3.58. The smallest absolute Gasteiger partial charge is 0.393 e. The molecule has 3 atom stereocenters. The lowest BCUT2D eigenvalue weighted by molar-refractivity contribution is -0.209. The van der Waals surface area contributed by atoms with Gasteiger partial charge < -0.3 is 19.9 Å². The molecule has 8 heteroatoms. The van der Waals surface area contributed by atoms with Crippen molar-refractivity contribution in [1.29, 1.82) is 0 Å². The van der Waals surface area contributed by atoms with Gasteiger partial charge in [0.1, 0.15) is 11.9 Å². The van der Waals surface area contributed by atoms with Gasteiger partial charge in [-0.25, -0.2) is 4.39 Å². The molecule has 1 fully saturated rings. The minimum atomic E-state index is -4.70. The second-order valence-corrected chi connectivity index (χ2v) is 6.16. The first kappa shape index (κ1) is 19.8. The van der Waals surface area contributed by atoms with Crippen LogP contribution in [0.2, 0.25) is 0 Å². The standard InChI is InChI=1S/C19H19F4NO3/c20-15-9-13(8-14(10-15)19(21,22)23)16(11-25)27-18-17(24-6-7-26-18)12-4-2-1-3-5-12/h1-5,8-10,16-18,24-25H,6-7,11H2/t16-,17?,18?/m0/s1. The molecule has 27 heavy (non-hydrogen) atoms. The Bertz CT molecular complexity index is 754. The summed E-state index contributed by atoms with van der Waals surface area (Å²) in [4.78, 5) is 0. The fraction of sp³-hybridized carbons (Fsp3) is 0.368. The number of nitrogens with one attached hydrogen (secondary N) is 1. The maximum Gasteiger partial charge on any atom is 0.416 e. The van der Waals surface area contributed by atoms with E-state index in [1.165, 1.54) is 0 Å². The van der Waals surface area contributed by atoms with E-state index in [0.29, 0.717) is 19.2 Å². The SMILES string of the molecule is OC[C@H](OC1OCCNC1c1ccccc1)c1cc(F)cc(C(F)(F)F)c1. The number of benzene rings is 2. The Labute approximate surface area is 153 Å². The Balaban J connectivity index is 1.84. The first-order chi connectivity index (χ1) is 12.9. The molecule has 0 spiro atoms.